The number of aromatic nitrogens is 3. The van der Waals surface area contributed by atoms with Gasteiger partial charge in [0.05, 0.1) is 17.9 Å². The molecule has 3 heterocycles. The van der Waals surface area contributed by atoms with Gasteiger partial charge in [0.25, 0.3) is 0 Å². The van der Waals surface area contributed by atoms with Crippen LogP contribution in [-0.4, -0.2) is 82.8 Å². The van der Waals surface area contributed by atoms with Crippen molar-refractivity contribution in [3.63, 3.8) is 0 Å². The number of anilines is 1. The van der Waals surface area contributed by atoms with E-state index in [2.05, 4.69) is 21.2 Å². The normalized spacial score (nSPS) is 21.8. The first-order valence-electron chi connectivity index (χ1n) is 17.4. The zero-order valence-electron chi connectivity index (χ0n) is 32.0. The number of carbonyl (C=O) groups excluding carboxylic acids is 3. The molecule has 3 N–H and O–H groups in total. The summed E-state index contributed by atoms with van der Waals surface area (Å²) in [6.45, 7) is 13.3. The molecule has 1 aromatic carbocycles. The Labute approximate surface area is 314 Å². The highest BCUT2D eigenvalue weighted by molar-refractivity contribution is 7.52. The van der Waals surface area contributed by atoms with Crippen LogP contribution < -0.4 is 15.3 Å². The van der Waals surface area contributed by atoms with Crippen LogP contribution in [-0.2, 0) is 58.2 Å². The maximum atomic E-state index is 14.6. The molecule has 4 rings (SSSR count). The molecular weight excluding hydrogens is 723 g/mol. The number of ether oxygens (including phenoxy) is 5. The molecule has 1 aliphatic heterocycles. The van der Waals surface area contributed by atoms with E-state index in [1.165, 1.54) is 30.9 Å². The zero-order valence-corrected chi connectivity index (χ0v) is 32.9. The molecule has 2 aromatic heterocycles. The van der Waals surface area contributed by atoms with E-state index in [1.54, 1.807) is 58.0 Å². The van der Waals surface area contributed by atoms with Crippen molar-refractivity contribution < 1.29 is 51.7 Å². The Hall–Kier alpha value is -4.59. The summed E-state index contributed by atoms with van der Waals surface area (Å²) >= 11 is 0. The number of hydrogen-bond donors (Lipinski definition) is 2. The van der Waals surface area contributed by atoms with E-state index in [4.69, 9.17) is 38.5 Å². The molecule has 1 aliphatic rings. The lowest BCUT2D eigenvalue weighted by atomic mass is 9.87. The molecule has 54 heavy (non-hydrogen) atoms. The van der Waals surface area contributed by atoms with Crippen molar-refractivity contribution in [3.05, 3.63) is 54.0 Å². The summed E-state index contributed by atoms with van der Waals surface area (Å²) < 4.78 is 56.5. The van der Waals surface area contributed by atoms with E-state index in [9.17, 15) is 24.2 Å². The van der Waals surface area contributed by atoms with Crippen LogP contribution in [0.4, 0.5) is 5.82 Å². The van der Waals surface area contributed by atoms with Gasteiger partial charge in [0, 0.05) is 20.0 Å². The molecule has 0 amide bonds. The van der Waals surface area contributed by atoms with Crippen LogP contribution >= 0.6 is 7.75 Å². The third-order valence-corrected chi connectivity index (χ3v) is 10.4. The molecule has 0 spiro atoms. The molecule has 0 radical (unpaired) electrons. The van der Waals surface area contributed by atoms with Crippen LogP contribution in [0.25, 0.3) is 5.52 Å². The first-order chi connectivity index (χ1) is 25.3. The molecule has 1 unspecified atom stereocenters. The van der Waals surface area contributed by atoms with Gasteiger partial charge in [-0.3, -0.25) is 18.9 Å². The van der Waals surface area contributed by atoms with Crippen LogP contribution in [0, 0.1) is 11.3 Å². The lowest BCUT2D eigenvalue weighted by molar-refractivity contribution is -0.169. The summed E-state index contributed by atoms with van der Waals surface area (Å²) in [6.07, 6.45) is -3.42. The molecule has 1 saturated heterocycles. The van der Waals surface area contributed by atoms with Crippen molar-refractivity contribution in [2.75, 3.05) is 26.1 Å². The molecule has 0 bridgehead atoms. The number of nitrogens with one attached hydrogen (secondary N) is 1. The number of rotatable bonds is 16. The Balaban J connectivity index is 1.74. The number of esters is 3. The second-order valence-corrected chi connectivity index (χ2v) is 16.0. The number of methoxy groups -OCH3 is 1. The minimum absolute atomic E-state index is 0.0786. The Morgan fingerprint density at radius 3 is 2.31 bits per heavy atom. The summed E-state index contributed by atoms with van der Waals surface area (Å²) in [5.41, 5.74) is 4.30. The maximum Gasteiger partial charge on any atom is 0.459 e. The van der Waals surface area contributed by atoms with Crippen molar-refractivity contribution in [3.8, 4) is 11.8 Å². The van der Waals surface area contributed by atoms with E-state index in [-0.39, 0.29) is 42.1 Å². The van der Waals surface area contributed by atoms with E-state index >= 15 is 0 Å². The average Bonchev–Trinajstić information content (AvgIpc) is 3.70. The van der Waals surface area contributed by atoms with Crippen LogP contribution in [0.5, 0.6) is 5.75 Å². The monoisotopic (exact) mass is 772 g/mol. The predicted octanol–water partition coefficient (Wildman–Crippen LogP) is 4.52. The highest BCUT2D eigenvalue weighted by Crippen LogP contribution is 2.49. The molecule has 0 aliphatic carbocycles. The topological polar surface area (TPSA) is 225 Å². The lowest BCUT2D eigenvalue weighted by Gasteiger charge is -2.28. The fraction of sp³-hybridized carbons (Fsp3) is 0.556. The Morgan fingerprint density at radius 2 is 1.72 bits per heavy atom. The van der Waals surface area contributed by atoms with E-state index in [0.29, 0.717) is 5.52 Å². The van der Waals surface area contributed by atoms with Crippen LogP contribution in [0.3, 0.4) is 0 Å². The number of benzene rings is 1. The Morgan fingerprint density at radius 1 is 1.07 bits per heavy atom. The van der Waals surface area contributed by atoms with Crippen molar-refractivity contribution in [1.82, 2.24) is 19.7 Å². The summed E-state index contributed by atoms with van der Waals surface area (Å²) in [5, 5.41) is 17.7. The molecular formula is C36H49N6O11P. The van der Waals surface area contributed by atoms with Gasteiger partial charge >= 0.3 is 25.7 Å². The van der Waals surface area contributed by atoms with Gasteiger partial charge in [-0.2, -0.15) is 15.4 Å². The van der Waals surface area contributed by atoms with Crippen LogP contribution in [0.1, 0.15) is 79.5 Å². The lowest BCUT2D eigenvalue weighted by Crippen LogP contribution is -2.46. The summed E-state index contributed by atoms with van der Waals surface area (Å²) in [4.78, 5) is 42.7. The third kappa shape index (κ3) is 9.55. The highest BCUT2D eigenvalue weighted by Gasteiger charge is 2.62. The van der Waals surface area contributed by atoms with E-state index in [1.807, 2.05) is 20.8 Å². The van der Waals surface area contributed by atoms with Crippen LogP contribution in [0.2, 0.25) is 0 Å². The van der Waals surface area contributed by atoms with Crippen molar-refractivity contribution in [2.45, 2.75) is 109 Å². The van der Waals surface area contributed by atoms with Crippen molar-refractivity contribution >= 4 is 37.0 Å². The van der Waals surface area contributed by atoms with Gasteiger partial charge in [-0.25, -0.2) is 14.1 Å². The van der Waals surface area contributed by atoms with Crippen molar-refractivity contribution in [2.24, 2.45) is 0 Å². The molecule has 18 heteroatoms. The first kappa shape index (κ1) is 42.2. The predicted molar refractivity (Wildman–Crippen MR) is 194 cm³/mol. The van der Waals surface area contributed by atoms with Gasteiger partial charge in [0.2, 0.25) is 5.60 Å². The highest BCUT2D eigenvalue weighted by atomic mass is 31.2. The maximum absolute atomic E-state index is 14.6. The minimum Gasteiger partial charge on any atom is -0.461 e. The SMILES string of the molecule is CCC(=O)O[C@H]1[C@@H](OC(=O)CC)[C@](C#N)(c2ccc3c(N)ncnn23)O[C@@H]1COP(=O)(N[C@@H](C)C(=O)OCC(C)(C)OC)Oc1ccc(C(C)(C)C)cc1. The average molecular weight is 773 g/mol. The number of hydrogen-bond acceptors (Lipinski definition) is 15. The smallest absolute Gasteiger partial charge is 0.459 e. The molecule has 17 nitrogen and oxygen atoms in total. The quantitative estimate of drug-likeness (QED) is 0.116. The number of carbonyl (C=O) groups is 3. The Kier molecular flexibility index (Phi) is 13.1. The largest absolute Gasteiger partial charge is 0.461 e. The summed E-state index contributed by atoms with van der Waals surface area (Å²) in [7, 11) is -3.07. The van der Waals surface area contributed by atoms with E-state index < -0.39 is 67.8 Å². The molecule has 6 atom stereocenters. The number of nitrogen functional groups attached to an aromatic ring is 1. The molecule has 0 saturated carbocycles. The number of nitrogens with two attached hydrogens (primary N) is 1. The fourth-order valence-corrected chi connectivity index (χ4v) is 6.90. The van der Waals surface area contributed by atoms with Gasteiger partial charge in [0.1, 0.15) is 42.4 Å². The third-order valence-electron chi connectivity index (χ3n) is 8.71. The van der Waals surface area contributed by atoms with Gasteiger partial charge in [-0.1, -0.05) is 46.8 Å². The molecule has 294 valence electrons. The number of fused-ring (bicyclic) bond motifs is 1. The summed E-state index contributed by atoms with van der Waals surface area (Å²) in [5.74, 6) is -1.98. The second-order valence-electron chi connectivity index (χ2n) is 14.3. The van der Waals surface area contributed by atoms with Gasteiger partial charge in [0.15, 0.2) is 18.0 Å². The number of nitrogens with zero attached hydrogens (tertiary/aromatic N) is 4. The minimum atomic E-state index is -4.54. The second kappa shape index (κ2) is 16.8. The summed E-state index contributed by atoms with van der Waals surface area (Å²) in [6, 6.07) is 10.7. The first-order valence-corrected chi connectivity index (χ1v) is 19.0. The number of nitriles is 1. The van der Waals surface area contributed by atoms with E-state index in [0.717, 1.165) is 5.56 Å². The zero-order chi connectivity index (χ0) is 40.1. The molecule has 1 fully saturated rings. The van der Waals surface area contributed by atoms with Gasteiger partial charge < -0.3 is 33.9 Å². The standard InChI is InChI=1S/C36H49N6O11P/c1-10-28(43)50-30-26(52-36(19-37,31(30)51-29(44)11-2)27-17-16-25-32(38)39-21-40-42(25)27)18-49-54(46,41-22(3)33(45)48-20-35(7,8)47-9)53-24-14-12-23(13-15-24)34(4,5)6/h12-17,21-22,26,30-31H,10-11,18,20H2,1-9H3,(H,41,46)(H2,38,39,40)/t22-,26+,30+,31+,36-,54?/m0/s1. The van der Waals surface area contributed by atoms with Crippen molar-refractivity contribution in [1.29, 1.82) is 5.26 Å². The van der Waals surface area contributed by atoms with Gasteiger partial charge in [-0.05, 0) is 56.0 Å². The van der Waals surface area contributed by atoms with Gasteiger partial charge in [-0.15, -0.1) is 0 Å². The molecule has 3 aromatic rings. The van der Waals surface area contributed by atoms with Crippen LogP contribution in [0.15, 0.2) is 42.7 Å². The fourth-order valence-electron chi connectivity index (χ4n) is 5.40. The Bertz CT molecular complexity index is 1900.